The second-order valence-electron chi connectivity index (χ2n) is 10.8. The number of methoxy groups -OCH3 is 1. The van der Waals surface area contributed by atoms with E-state index in [-0.39, 0.29) is 23.4 Å². The third kappa shape index (κ3) is 7.44. The summed E-state index contributed by atoms with van der Waals surface area (Å²) in [6, 6.07) is 17.8. The van der Waals surface area contributed by atoms with Crippen molar-refractivity contribution < 1.29 is 22.7 Å². The number of carbonyl (C=O) groups is 2. The van der Waals surface area contributed by atoms with E-state index >= 15 is 0 Å². The lowest BCUT2D eigenvalue weighted by Gasteiger charge is -2.33. The van der Waals surface area contributed by atoms with Crippen LogP contribution in [0.5, 0.6) is 5.75 Å². The average molecular weight is 612 g/mol. The Bertz CT molecular complexity index is 1500. The highest BCUT2D eigenvalue weighted by Gasteiger charge is 2.34. The molecule has 0 aromatic heterocycles. The minimum Gasteiger partial charge on any atom is -0.497 e. The first-order valence-corrected chi connectivity index (χ1v) is 15.9. The molecule has 3 aromatic carbocycles. The summed E-state index contributed by atoms with van der Waals surface area (Å²) in [4.78, 5) is 29.0. The van der Waals surface area contributed by atoms with Crippen LogP contribution in [0.3, 0.4) is 0 Å². The van der Waals surface area contributed by atoms with Crippen LogP contribution in [0, 0.1) is 13.8 Å². The zero-order valence-electron chi connectivity index (χ0n) is 24.5. The van der Waals surface area contributed by atoms with Crippen molar-refractivity contribution in [3.05, 3.63) is 88.4 Å². The van der Waals surface area contributed by atoms with Gasteiger partial charge in [-0.15, -0.1) is 0 Å². The topological polar surface area (TPSA) is 96.0 Å². The smallest absolute Gasteiger partial charge is 0.264 e. The first-order chi connectivity index (χ1) is 20.0. The van der Waals surface area contributed by atoms with E-state index in [1.54, 1.807) is 63.4 Å². The van der Waals surface area contributed by atoms with Gasteiger partial charge in [-0.25, -0.2) is 8.42 Å². The summed E-state index contributed by atoms with van der Waals surface area (Å²) in [5.74, 6) is -0.110. The number of anilines is 1. The van der Waals surface area contributed by atoms with E-state index in [4.69, 9.17) is 16.3 Å². The number of carbonyl (C=O) groups excluding carboxylic acids is 2. The van der Waals surface area contributed by atoms with Crippen LogP contribution in [0.1, 0.15) is 49.3 Å². The van der Waals surface area contributed by atoms with Crippen LogP contribution in [0.2, 0.25) is 5.02 Å². The fourth-order valence-electron chi connectivity index (χ4n) is 5.15. The molecule has 1 fully saturated rings. The van der Waals surface area contributed by atoms with Crippen LogP contribution in [-0.4, -0.2) is 50.9 Å². The molecule has 0 bridgehead atoms. The Hall–Kier alpha value is -3.56. The molecule has 1 atom stereocenters. The zero-order valence-corrected chi connectivity index (χ0v) is 26.0. The van der Waals surface area contributed by atoms with Crippen LogP contribution in [0.4, 0.5) is 5.69 Å². The number of sulfonamides is 1. The number of aryl methyl sites for hydroxylation is 2. The van der Waals surface area contributed by atoms with Crippen molar-refractivity contribution in [1.82, 2.24) is 10.2 Å². The number of benzene rings is 3. The van der Waals surface area contributed by atoms with Crippen LogP contribution in [-0.2, 0) is 26.2 Å². The van der Waals surface area contributed by atoms with Gasteiger partial charge in [0.1, 0.15) is 18.3 Å². The molecular weight excluding hydrogens is 574 g/mol. The maximum atomic E-state index is 14.1. The van der Waals surface area contributed by atoms with Gasteiger partial charge in [-0.3, -0.25) is 13.9 Å². The molecule has 1 saturated carbocycles. The molecule has 3 aromatic rings. The quantitative estimate of drug-likeness (QED) is 0.303. The third-order valence-electron chi connectivity index (χ3n) is 7.70. The standard InChI is InChI=1S/C32H38ClN3O5S/c1-22-9-16-29(17-10-22)42(39,40)36(30-18-13-26(33)19-23(30)2)21-31(37)35(20-25-11-14-28(41-4)15-12-25)24(3)32(38)34-27-7-5-6-8-27/h9-19,24,27H,5-8,20-21H2,1-4H3,(H,34,38). The molecule has 0 aliphatic heterocycles. The molecular formula is C32H38ClN3O5S. The van der Waals surface area contributed by atoms with Crippen molar-refractivity contribution in [1.29, 1.82) is 0 Å². The third-order valence-corrected chi connectivity index (χ3v) is 9.71. The van der Waals surface area contributed by atoms with Gasteiger partial charge in [0.25, 0.3) is 10.0 Å². The minimum atomic E-state index is -4.16. The normalized spacial score (nSPS) is 14.3. The number of halogens is 1. The Morgan fingerprint density at radius 3 is 2.24 bits per heavy atom. The van der Waals surface area contributed by atoms with Crippen molar-refractivity contribution >= 4 is 39.1 Å². The van der Waals surface area contributed by atoms with Crippen LogP contribution in [0.15, 0.2) is 71.6 Å². The van der Waals surface area contributed by atoms with Gasteiger partial charge in [0.05, 0.1) is 17.7 Å². The number of hydrogen-bond donors (Lipinski definition) is 1. The molecule has 4 rings (SSSR count). The molecule has 0 saturated heterocycles. The maximum Gasteiger partial charge on any atom is 0.264 e. The minimum absolute atomic E-state index is 0.0592. The van der Waals surface area contributed by atoms with E-state index in [1.165, 1.54) is 17.0 Å². The van der Waals surface area contributed by atoms with Gasteiger partial charge in [0.15, 0.2) is 0 Å². The molecule has 1 N–H and O–H groups in total. The summed E-state index contributed by atoms with van der Waals surface area (Å²) in [5, 5.41) is 3.53. The van der Waals surface area contributed by atoms with E-state index in [2.05, 4.69) is 5.32 Å². The molecule has 42 heavy (non-hydrogen) atoms. The molecule has 1 aliphatic carbocycles. The molecule has 0 radical (unpaired) electrons. The van der Waals surface area contributed by atoms with Crippen molar-refractivity contribution in [3.8, 4) is 5.75 Å². The molecule has 0 heterocycles. The first kappa shape index (κ1) is 31.4. The average Bonchev–Trinajstić information content (AvgIpc) is 3.48. The summed E-state index contributed by atoms with van der Waals surface area (Å²) >= 11 is 6.19. The van der Waals surface area contributed by atoms with E-state index in [0.717, 1.165) is 41.1 Å². The molecule has 224 valence electrons. The number of amides is 2. The Labute approximate surface area is 253 Å². The summed E-state index contributed by atoms with van der Waals surface area (Å²) in [5.41, 5.74) is 2.62. The largest absolute Gasteiger partial charge is 0.497 e. The van der Waals surface area contributed by atoms with Crippen LogP contribution < -0.4 is 14.4 Å². The van der Waals surface area contributed by atoms with Gasteiger partial charge in [-0.2, -0.15) is 0 Å². The van der Waals surface area contributed by atoms with Gasteiger partial charge in [0, 0.05) is 17.6 Å². The number of nitrogens with one attached hydrogen (secondary N) is 1. The summed E-state index contributed by atoms with van der Waals surface area (Å²) < 4.78 is 34.4. The van der Waals surface area contributed by atoms with Gasteiger partial charge < -0.3 is 15.0 Å². The lowest BCUT2D eigenvalue weighted by molar-refractivity contribution is -0.139. The fourth-order valence-corrected chi connectivity index (χ4v) is 6.86. The van der Waals surface area contributed by atoms with Gasteiger partial charge in [-0.1, -0.05) is 54.3 Å². The van der Waals surface area contributed by atoms with Crippen LogP contribution in [0.25, 0.3) is 0 Å². The zero-order chi connectivity index (χ0) is 30.4. The highest BCUT2D eigenvalue weighted by atomic mass is 35.5. The van der Waals surface area contributed by atoms with Gasteiger partial charge in [0.2, 0.25) is 11.8 Å². The number of rotatable bonds is 11. The number of hydrogen-bond acceptors (Lipinski definition) is 5. The van der Waals surface area contributed by atoms with E-state index in [0.29, 0.717) is 22.0 Å². The second kappa shape index (κ2) is 13.6. The van der Waals surface area contributed by atoms with Crippen molar-refractivity contribution in [2.45, 2.75) is 70.0 Å². The lowest BCUT2D eigenvalue weighted by Crippen LogP contribution is -2.52. The Balaban J connectivity index is 1.70. The Morgan fingerprint density at radius 2 is 1.64 bits per heavy atom. The van der Waals surface area contributed by atoms with Crippen molar-refractivity contribution in [3.63, 3.8) is 0 Å². The number of ether oxygens (including phenoxy) is 1. The lowest BCUT2D eigenvalue weighted by atomic mass is 10.1. The predicted octanol–water partition coefficient (Wildman–Crippen LogP) is 5.64. The Morgan fingerprint density at radius 1 is 1.00 bits per heavy atom. The molecule has 0 spiro atoms. The molecule has 8 nitrogen and oxygen atoms in total. The molecule has 1 aliphatic rings. The van der Waals surface area contributed by atoms with Crippen LogP contribution >= 0.6 is 11.6 Å². The van der Waals surface area contributed by atoms with E-state index < -0.39 is 28.5 Å². The summed E-state index contributed by atoms with van der Waals surface area (Å²) in [6.45, 7) is 4.90. The molecule has 2 amide bonds. The number of nitrogens with zero attached hydrogens (tertiary/aromatic N) is 2. The maximum absolute atomic E-state index is 14.1. The first-order valence-electron chi connectivity index (χ1n) is 14.1. The van der Waals surface area contributed by atoms with Crippen molar-refractivity contribution in [2.24, 2.45) is 0 Å². The SMILES string of the molecule is COc1ccc(CN(C(=O)CN(c2ccc(Cl)cc2C)S(=O)(=O)c2ccc(C)cc2)C(C)C(=O)NC2CCCC2)cc1. The predicted molar refractivity (Wildman–Crippen MR) is 165 cm³/mol. The Kier molecular flexibility index (Phi) is 10.2. The molecule has 10 heteroatoms. The molecule has 1 unspecified atom stereocenters. The fraction of sp³-hybridized carbons (Fsp3) is 0.375. The van der Waals surface area contributed by atoms with Gasteiger partial charge >= 0.3 is 0 Å². The highest BCUT2D eigenvalue weighted by Crippen LogP contribution is 2.30. The van der Waals surface area contributed by atoms with Crippen molar-refractivity contribution in [2.75, 3.05) is 18.0 Å². The van der Waals surface area contributed by atoms with Gasteiger partial charge in [-0.05, 0) is 87.2 Å². The monoisotopic (exact) mass is 611 g/mol. The second-order valence-corrected chi connectivity index (χ2v) is 13.1. The van der Waals surface area contributed by atoms with E-state index in [9.17, 15) is 18.0 Å². The summed E-state index contributed by atoms with van der Waals surface area (Å²) in [6.07, 6.45) is 3.92. The summed E-state index contributed by atoms with van der Waals surface area (Å²) in [7, 11) is -2.58. The van der Waals surface area contributed by atoms with E-state index in [1.807, 2.05) is 19.1 Å². The highest BCUT2D eigenvalue weighted by molar-refractivity contribution is 7.92.